The molecule has 3 aromatic rings. The molecule has 192 valence electrons. The second kappa shape index (κ2) is 11.7. The topological polar surface area (TPSA) is 63.0 Å². The predicted octanol–water partition coefficient (Wildman–Crippen LogP) is 4.77. The third-order valence-electron chi connectivity index (χ3n) is 6.37. The van der Waals surface area contributed by atoms with Crippen LogP contribution >= 0.6 is 0 Å². The van der Waals surface area contributed by atoms with Gasteiger partial charge in [-0.15, -0.1) is 0 Å². The van der Waals surface area contributed by atoms with Gasteiger partial charge in [0.1, 0.15) is 11.6 Å². The lowest BCUT2D eigenvalue weighted by molar-refractivity contribution is -0.132. The lowest BCUT2D eigenvalue weighted by atomic mass is 10.1. The van der Waals surface area contributed by atoms with Crippen molar-refractivity contribution in [2.24, 2.45) is 4.99 Å². The highest BCUT2D eigenvalue weighted by Crippen LogP contribution is 2.24. The average molecular weight is 502 g/mol. The molecule has 1 aliphatic heterocycles. The number of benzene rings is 2. The van der Waals surface area contributed by atoms with Crippen molar-refractivity contribution in [3.63, 3.8) is 0 Å². The van der Waals surface area contributed by atoms with E-state index in [4.69, 9.17) is 9.72 Å². The Morgan fingerprint density at radius 1 is 1.14 bits per heavy atom. The summed E-state index contributed by atoms with van der Waals surface area (Å²) in [6.45, 7) is 10.2. The molecule has 0 spiro atoms. The molecule has 0 unspecified atom stereocenters. The lowest BCUT2D eigenvalue weighted by Gasteiger charge is -2.36. The Morgan fingerprint density at radius 3 is 2.49 bits per heavy atom. The van der Waals surface area contributed by atoms with Crippen molar-refractivity contribution < 1.29 is 13.9 Å². The van der Waals surface area contributed by atoms with Crippen LogP contribution in [0.4, 0.5) is 4.39 Å². The molecule has 0 atom stereocenters. The number of para-hydroxylation sites is 1. The number of carbonyl (C=O) groups excluding carboxylic acids is 1. The highest BCUT2D eigenvalue weighted by Gasteiger charge is 2.24. The van der Waals surface area contributed by atoms with E-state index in [-0.39, 0.29) is 18.1 Å². The van der Waals surface area contributed by atoms with Crippen molar-refractivity contribution in [3.05, 3.63) is 96.2 Å². The number of aryl methyl sites for hydroxylation is 1. The van der Waals surface area contributed by atoms with Crippen LogP contribution in [0.1, 0.15) is 18.3 Å². The van der Waals surface area contributed by atoms with E-state index in [1.807, 2.05) is 52.9 Å². The molecule has 1 amide bonds. The Labute approximate surface area is 217 Å². The fourth-order valence-electron chi connectivity index (χ4n) is 4.30. The van der Waals surface area contributed by atoms with Crippen LogP contribution in [0.2, 0.25) is 0 Å². The number of piperazine rings is 1. The molecule has 0 saturated carbocycles. The number of ether oxygens (including phenoxy) is 1. The molecule has 8 heteroatoms. The zero-order valence-electron chi connectivity index (χ0n) is 21.5. The van der Waals surface area contributed by atoms with Gasteiger partial charge in [0, 0.05) is 61.6 Å². The van der Waals surface area contributed by atoms with Crippen molar-refractivity contribution in [2.45, 2.75) is 20.3 Å². The minimum Gasteiger partial charge on any atom is -0.481 e. The molecule has 2 aromatic carbocycles. The van der Waals surface area contributed by atoms with Crippen molar-refractivity contribution >= 4 is 12.1 Å². The fourth-order valence-corrected chi connectivity index (χ4v) is 4.30. The number of nitrogens with zero attached hydrogens (tertiary/aromatic N) is 5. The maximum absolute atomic E-state index is 13.8. The summed E-state index contributed by atoms with van der Waals surface area (Å²) in [5.74, 6) is 0.894. The Kier molecular flexibility index (Phi) is 8.18. The van der Waals surface area contributed by atoms with Gasteiger partial charge in [-0.05, 0) is 49.7 Å². The zero-order chi connectivity index (χ0) is 26.4. The second-order valence-corrected chi connectivity index (χ2v) is 8.82. The van der Waals surface area contributed by atoms with Gasteiger partial charge in [0.25, 0.3) is 0 Å². The van der Waals surface area contributed by atoms with Crippen molar-refractivity contribution in [1.82, 2.24) is 19.4 Å². The number of carbonyl (C=O) groups is 1. The Morgan fingerprint density at radius 2 is 1.84 bits per heavy atom. The zero-order valence-corrected chi connectivity index (χ0v) is 21.5. The van der Waals surface area contributed by atoms with Crippen molar-refractivity contribution in [1.29, 1.82) is 0 Å². The maximum Gasteiger partial charge on any atom is 0.230 e. The molecule has 0 radical (unpaired) electrons. The van der Waals surface area contributed by atoms with Crippen LogP contribution in [0, 0.1) is 12.7 Å². The van der Waals surface area contributed by atoms with E-state index < -0.39 is 0 Å². The van der Waals surface area contributed by atoms with Gasteiger partial charge in [-0.2, -0.15) is 0 Å². The minimum absolute atomic E-state index is 0.0126. The van der Waals surface area contributed by atoms with E-state index in [0.29, 0.717) is 49.1 Å². The van der Waals surface area contributed by atoms with Gasteiger partial charge in [0.15, 0.2) is 0 Å². The van der Waals surface area contributed by atoms with E-state index in [0.717, 1.165) is 16.9 Å². The van der Waals surface area contributed by atoms with Crippen LogP contribution in [0.15, 0.2) is 84.0 Å². The van der Waals surface area contributed by atoms with E-state index >= 15 is 0 Å². The summed E-state index contributed by atoms with van der Waals surface area (Å²) >= 11 is 0. The summed E-state index contributed by atoms with van der Waals surface area (Å²) in [4.78, 5) is 26.3. The number of allylic oxidation sites excluding steroid dienone is 1. The monoisotopic (exact) mass is 501 g/mol. The standard InChI is InChI=1S/C29H32FN5O2/c1-5-31-28(37-4)18-22(3)33-13-15-34(16-14-33)29(36)19-27-32-26(23-11-12-25(30)21(2)17-23)20-35(27)24-9-7-6-8-10-24/h5-12,17-18,20H,3,13-16,19H2,1-2,4H3/b28-18+,31-5-. The normalized spacial score (nSPS) is 14.3. The fraction of sp³-hybridized carbons (Fsp3) is 0.276. The molecule has 1 aromatic heterocycles. The number of aliphatic imine (C=N–C) groups is 1. The second-order valence-electron chi connectivity index (χ2n) is 8.82. The Hall–Kier alpha value is -4.20. The highest BCUT2D eigenvalue weighted by atomic mass is 19.1. The molecule has 0 bridgehead atoms. The molecule has 1 fully saturated rings. The number of aromatic nitrogens is 2. The van der Waals surface area contributed by atoms with Crippen LogP contribution in [-0.4, -0.2) is 64.8 Å². The predicted molar refractivity (Wildman–Crippen MR) is 144 cm³/mol. The van der Waals surface area contributed by atoms with E-state index in [1.54, 1.807) is 38.5 Å². The van der Waals surface area contributed by atoms with Gasteiger partial charge in [0.05, 0.1) is 19.2 Å². The molecule has 4 rings (SSSR count). The summed E-state index contributed by atoms with van der Waals surface area (Å²) in [6, 6.07) is 14.7. The van der Waals surface area contributed by atoms with Gasteiger partial charge < -0.3 is 19.1 Å². The van der Waals surface area contributed by atoms with Gasteiger partial charge in [0.2, 0.25) is 11.8 Å². The van der Waals surface area contributed by atoms with Crippen LogP contribution in [-0.2, 0) is 16.0 Å². The largest absolute Gasteiger partial charge is 0.481 e. The molecular formula is C29H32FN5O2. The van der Waals surface area contributed by atoms with Gasteiger partial charge >= 0.3 is 0 Å². The molecule has 7 nitrogen and oxygen atoms in total. The number of hydrogen-bond donors (Lipinski definition) is 0. The van der Waals surface area contributed by atoms with E-state index in [9.17, 15) is 9.18 Å². The summed E-state index contributed by atoms with van der Waals surface area (Å²) in [5.41, 5.74) is 3.78. The smallest absolute Gasteiger partial charge is 0.230 e. The first-order chi connectivity index (χ1) is 17.9. The van der Waals surface area contributed by atoms with E-state index in [2.05, 4.69) is 16.5 Å². The molecular weight excluding hydrogens is 469 g/mol. The van der Waals surface area contributed by atoms with Crippen LogP contribution < -0.4 is 0 Å². The maximum atomic E-state index is 13.8. The highest BCUT2D eigenvalue weighted by molar-refractivity contribution is 5.78. The number of hydrogen-bond acceptors (Lipinski definition) is 5. The number of methoxy groups -OCH3 is 1. The first kappa shape index (κ1) is 25.9. The first-order valence-electron chi connectivity index (χ1n) is 12.3. The molecule has 1 saturated heterocycles. The summed E-state index contributed by atoms with van der Waals surface area (Å²) < 4.78 is 21.0. The van der Waals surface area contributed by atoms with Crippen LogP contribution in [0.25, 0.3) is 16.9 Å². The summed E-state index contributed by atoms with van der Waals surface area (Å²) in [6.07, 6.45) is 5.54. The minimum atomic E-state index is -0.254. The van der Waals surface area contributed by atoms with Crippen molar-refractivity contribution in [3.8, 4) is 16.9 Å². The van der Waals surface area contributed by atoms with Gasteiger partial charge in [-0.25, -0.2) is 14.4 Å². The molecule has 37 heavy (non-hydrogen) atoms. The van der Waals surface area contributed by atoms with Gasteiger partial charge in [-0.1, -0.05) is 24.8 Å². The molecule has 2 heterocycles. The Balaban J connectivity index is 1.50. The molecule has 0 aliphatic carbocycles. The third-order valence-corrected chi connectivity index (χ3v) is 6.37. The number of amides is 1. The SMILES string of the molecule is C=C(/C=C(\N=C/C)OC)N1CCN(C(=O)Cc2nc(-c3ccc(F)c(C)c3)cn2-c2ccccc2)CC1. The van der Waals surface area contributed by atoms with E-state index in [1.165, 1.54) is 6.07 Å². The Bertz CT molecular complexity index is 1320. The van der Waals surface area contributed by atoms with Crippen LogP contribution in [0.3, 0.4) is 0 Å². The van der Waals surface area contributed by atoms with Gasteiger partial charge in [-0.3, -0.25) is 4.79 Å². The number of halogens is 1. The lowest BCUT2D eigenvalue weighted by Crippen LogP contribution is -2.48. The average Bonchev–Trinajstić information content (AvgIpc) is 3.34. The first-order valence-corrected chi connectivity index (χ1v) is 12.3. The summed E-state index contributed by atoms with van der Waals surface area (Å²) in [7, 11) is 1.57. The third kappa shape index (κ3) is 6.14. The molecule has 0 N–H and O–H groups in total. The summed E-state index contributed by atoms with van der Waals surface area (Å²) in [5, 5.41) is 0. The number of imidazole rings is 1. The van der Waals surface area contributed by atoms with Crippen molar-refractivity contribution in [2.75, 3.05) is 33.3 Å². The number of rotatable bonds is 8. The van der Waals surface area contributed by atoms with Crippen LogP contribution in [0.5, 0.6) is 0 Å². The quantitative estimate of drug-likeness (QED) is 0.254. The molecule has 1 aliphatic rings.